The van der Waals surface area contributed by atoms with Crippen LogP contribution in [0.5, 0.6) is 0 Å². The largest absolute Gasteiger partial charge is 0.341 e. The number of likely N-dealkylation sites (N-methyl/N-ethyl adjacent to an activating group) is 1. The van der Waals surface area contributed by atoms with E-state index in [9.17, 15) is 13.2 Å². The first-order valence-electron chi connectivity index (χ1n) is 7.18. The van der Waals surface area contributed by atoms with Gasteiger partial charge in [-0.15, -0.1) is 11.3 Å². The summed E-state index contributed by atoms with van der Waals surface area (Å²) >= 11 is 1.78. The van der Waals surface area contributed by atoms with Gasteiger partial charge in [0.1, 0.15) is 0 Å². The van der Waals surface area contributed by atoms with Crippen LogP contribution in [0.3, 0.4) is 0 Å². The van der Waals surface area contributed by atoms with Crippen molar-refractivity contribution in [2.45, 2.75) is 25.4 Å². The maximum atomic E-state index is 12.4. The molecule has 7 heteroatoms. The topological polar surface area (TPSA) is 57.7 Å². The molecule has 2 aliphatic rings. The van der Waals surface area contributed by atoms with Crippen molar-refractivity contribution in [3.8, 4) is 0 Å². The zero-order chi connectivity index (χ0) is 15.0. The molecule has 1 aromatic rings. The molecule has 3 rings (SSSR count). The molecule has 5 nitrogen and oxygen atoms in total. The molecular weight excluding hydrogens is 308 g/mol. The van der Waals surface area contributed by atoms with Crippen molar-refractivity contribution in [2.24, 2.45) is 0 Å². The normalized spacial score (nSPS) is 24.7. The Hall–Kier alpha value is -0.920. The van der Waals surface area contributed by atoms with Gasteiger partial charge in [0, 0.05) is 31.1 Å². The Labute approximate surface area is 129 Å². The van der Waals surface area contributed by atoms with Gasteiger partial charge in [0.25, 0.3) is 0 Å². The van der Waals surface area contributed by atoms with E-state index in [2.05, 4.69) is 16.3 Å². The molecule has 0 aromatic carbocycles. The number of hydrogen-bond acceptors (Lipinski definition) is 5. The van der Waals surface area contributed by atoms with Gasteiger partial charge >= 0.3 is 0 Å². The predicted octanol–water partition coefficient (Wildman–Crippen LogP) is 0.752. The van der Waals surface area contributed by atoms with Crippen molar-refractivity contribution in [2.75, 3.05) is 31.6 Å². The summed E-state index contributed by atoms with van der Waals surface area (Å²) in [6.07, 6.45) is 1.57. The quantitative estimate of drug-likeness (QED) is 0.822. The lowest BCUT2D eigenvalue weighted by Crippen LogP contribution is -2.44. The van der Waals surface area contributed by atoms with Gasteiger partial charge in [0.05, 0.1) is 18.1 Å². The molecule has 3 heterocycles. The van der Waals surface area contributed by atoms with E-state index < -0.39 is 9.84 Å². The van der Waals surface area contributed by atoms with E-state index in [1.807, 2.05) is 0 Å². The molecule has 1 atom stereocenters. The maximum Gasteiger partial charge on any atom is 0.236 e. The molecule has 0 radical (unpaired) electrons. The molecule has 21 heavy (non-hydrogen) atoms. The van der Waals surface area contributed by atoms with E-state index in [0.29, 0.717) is 13.0 Å². The SMILES string of the molecule is CN(C(=O)CN1CCc2sccc2C1)[C@H]1CCS(=O)(=O)C1. The highest BCUT2D eigenvalue weighted by molar-refractivity contribution is 7.91. The summed E-state index contributed by atoms with van der Waals surface area (Å²) in [4.78, 5) is 17.6. The molecule has 0 bridgehead atoms. The van der Waals surface area contributed by atoms with Crippen molar-refractivity contribution < 1.29 is 13.2 Å². The number of hydrogen-bond donors (Lipinski definition) is 0. The molecule has 0 aliphatic carbocycles. The van der Waals surface area contributed by atoms with E-state index in [1.54, 1.807) is 23.3 Å². The predicted molar refractivity (Wildman–Crippen MR) is 83.1 cm³/mol. The molecular formula is C14H20N2O3S2. The molecule has 0 spiro atoms. The minimum absolute atomic E-state index is 0.0239. The summed E-state index contributed by atoms with van der Waals surface area (Å²) in [6.45, 7) is 2.10. The first-order valence-corrected chi connectivity index (χ1v) is 9.88. The lowest BCUT2D eigenvalue weighted by molar-refractivity contribution is -0.133. The number of rotatable bonds is 3. The number of nitrogens with zero attached hydrogens (tertiary/aromatic N) is 2. The minimum Gasteiger partial charge on any atom is -0.341 e. The third-order valence-electron chi connectivity index (χ3n) is 4.40. The molecule has 1 aromatic heterocycles. The number of thiophene rings is 1. The number of carbonyl (C=O) groups is 1. The fraction of sp³-hybridized carbons (Fsp3) is 0.643. The first-order chi connectivity index (χ1) is 9.94. The van der Waals surface area contributed by atoms with Crippen molar-refractivity contribution in [1.82, 2.24) is 9.80 Å². The van der Waals surface area contributed by atoms with Crippen molar-refractivity contribution in [3.05, 3.63) is 21.9 Å². The number of sulfone groups is 1. The maximum absolute atomic E-state index is 12.4. The van der Waals surface area contributed by atoms with E-state index in [4.69, 9.17) is 0 Å². The molecule has 0 N–H and O–H groups in total. The highest BCUT2D eigenvalue weighted by atomic mass is 32.2. The molecule has 0 saturated carbocycles. The second kappa shape index (κ2) is 5.70. The van der Waals surface area contributed by atoms with Gasteiger partial charge < -0.3 is 4.90 Å². The van der Waals surface area contributed by atoms with Crippen LogP contribution in [0.25, 0.3) is 0 Å². The Kier molecular flexibility index (Phi) is 4.07. The smallest absolute Gasteiger partial charge is 0.236 e. The lowest BCUT2D eigenvalue weighted by Gasteiger charge is -2.30. The number of amides is 1. The standard InChI is InChI=1S/C14H20N2O3S2/c1-15(12-4-7-21(18,19)10-12)14(17)9-16-5-2-13-11(8-16)3-6-20-13/h3,6,12H,2,4-5,7-10H2,1H3/t12-/m0/s1. The molecule has 1 amide bonds. The highest BCUT2D eigenvalue weighted by Crippen LogP contribution is 2.24. The Morgan fingerprint density at radius 3 is 3.05 bits per heavy atom. The Morgan fingerprint density at radius 2 is 2.33 bits per heavy atom. The summed E-state index contributed by atoms with van der Waals surface area (Å²) < 4.78 is 23.0. The van der Waals surface area contributed by atoms with E-state index in [0.717, 1.165) is 19.5 Å². The van der Waals surface area contributed by atoms with Crippen LogP contribution in [0, 0.1) is 0 Å². The summed E-state index contributed by atoms with van der Waals surface area (Å²) in [5.41, 5.74) is 1.32. The van der Waals surface area contributed by atoms with E-state index in [1.165, 1.54) is 10.4 Å². The summed E-state index contributed by atoms with van der Waals surface area (Å²) in [6, 6.07) is 1.98. The van der Waals surface area contributed by atoms with Crippen LogP contribution < -0.4 is 0 Å². The Morgan fingerprint density at radius 1 is 1.52 bits per heavy atom. The Bertz CT molecular complexity index is 638. The van der Waals surface area contributed by atoms with Crippen LogP contribution in [-0.2, 0) is 27.6 Å². The summed E-state index contributed by atoms with van der Waals surface area (Å²) in [5, 5.41) is 2.10. The number of fused-ring (bicyclic) bond motifs is 1. The third-order valence-corrected chi connectivity index (χ3v) is 7.17. The average Bonchev–Trinajstić information content (AvgIpc) is 3.03. The highest BCUT2D eigenvalue weighted by Gasteiger charge is 2.33. The fourth-order valence-corrected chi connectivity index (χ4v) is 5.69. The van der Waals surface area contributed by atoms with Gasteiger partial charge in [-0.3, -0.25) is 9.69 Å². The van der Waals surface area contributed by atoms with Crippen molar-refractivity contribution in [1.29, 1.82) is 0 Å². The first kappa shape index (κ1) is 15.0. The van der Waals surface area contributed by atoms with Crippen molar-refractivity contribution in [3.63, 3.8) is 0 Å². The molecule has 2 aliphatic heterocycles. The van der Waals surface area contributed by atoms with E-state index >= 15 is 0 Å². The summed E-state index contributed by atoms with van der Waals surface area (Å²) in [5.74, 6) is 0.344. The molecule has 116 valence electrons. The molecule has 1 saturated heterocycles. The zero-order valence-electron chi connectivity index (χ0n) is 12.1. The number of carbonyl (C=O) groups excluding carboxylic acids is 1. The Balaban J connectivity index is 1.57. The second-order valence-corrected chi connectivity index (χ2v) is 9.12. The van der Waals surface area contributed by atoms with Gasteiger partial charge in [-0.05, 0) is 29.9 Å². The van der Waals surface area contributed by atoms with Gasteiger partial charge in [-0.25, -0.2) is 8.42 Å². The average molecular weight is 328 g/mol. The van der Waals surface area contributed by atoms with Crippen LogP contribution in [0.4, 0.5) is 0 Å². The monoisotopic (exact) mass is 328 g/mol. The van der Waals surface area contributed by atoms with Gasteiger partial charge in [-0.1, -0.05) is 0 Å². The molecule has 0 unspecified atom stereocenters. The van der Waals surface area contributed by atoms with Crippen LogP contribution >= 0.6 is 11.3 Å². The van der Waals surface area contributed by atoms with E-state index in [-0.39, 0.29) is 23.5 Å². The molecule has 1 fully saturated rings. The van der Waals surface area contributed by atoms with Crippen LogP contribution in [0.15, 0.2) is 11.4 Å². The summed E-state index contributed by atoms with van der Waals surface area (Å²) in [7, 11) is -1.22. The van der Waals surface area contributed by atoms with Crippen LogP contribution in [-0.4, -0.2) is 61.8 Å². The van der Waals surface area contributed by atoms with Gasteiger partial charge in [0.15, 0.2) is 9.84 Å². The third kappa shape index (κ3) is 3.30. The van der Waals surface area contributed by atoms with Crippen molar-refractivity contribution >= 4 is 27.1 Å². The van der Waals surface area contributed by atoms with Crippen LogP contribution in [0.2, 0.25) is 0 Å². The minimum atomic E-state index is -2.95. The fourth-order valence-electron chi connectivity index (χ4n) is 3.03. The van der Waals surface area contributed by atoms with Crippen LogP contribution in [0.1, 0.15) is 16.9 Å². The lowest BCUT2D eigenvalue weighted by atomic mass is 10.1. The van der Waals surface area contributed by atoms with Gasteiger partial charge in [-0.2, -0.15) is 0 Å². The second-order valence-electron chi connectivity index (χ2n) is 5.89. The van der Waals surface area contributed by atoms with Gasteiger partial charge in [0.2, 0.25) is 5.91 Å². The zero-order valence-corrected chi connectivity index (χ0v) is 13.8.